The Morgan fingerprint density at radius 1 is 0.893 bits per heavy atom. The molecule has 0 spiro atoms. The van der Waals surface area contributed by atoms with Gasteiger partial charge in [0, 0.05) is 87.8 Å². The molecule has 0 aromatic heterocycles. The lowest BCUT2D eigenvalue weighted by molar-refractivity contribution is -0.137. The Bertz CT molecular complexity index is 1920. The SMILES string of the molecule is CC(CCC(=O)NC=O)N1Cc2cc(N3CCN(C4CCN(Cc5ccc(C6CCN(c7ccc(C#N)c(C(F)(F)F)c7)CC6)cc5)CC4)CC3)ccc2C1=O. The minimum absolute atomic E-state index is 0.00478. The van der Waals surface area contributed by atoms with Gasteiger partial charge in [-0.05, 0) is 111 Å². The number of rotatable bonds is 11. The fourth-order valence-electron chi connectivity index (χ4n) is 8.99. The lowest BCUT2D eigenvalue weighted by Crippen LogP contribution is -2.53. The molecule has 4 aliphatic rings. The first-order valence-corrected chi connectivity index (χ1v) is 19.8. The van der Waals surface area contributed by atoms with Gasteiger partial charge in [-0.25, -0.2) is 0 Å². The molecular formula is C43H50F3N7O3. The molecule has 3 aromatic carbocycles. The topological polar surface area (TPSA) is 103 Å². The average Bonchev–Trinajstić information content (AvgIpc) is 3.55. The number of piperazine rings is 1. The van der Waals surface area contributed by atoms with Crippen LogP contribution in [0.3, 0.4) is 0 Å². The standard InChI is InChI=1S/C43H50F3N7O3/c1-30(2-11-41(55)48-29-54)53-28-35-24-37(9-10-39(35)42(53)56)52-22-20-51(21-23-52)36-14-16-49(17-15-36)27-31-3-5-32(6-4-31)33-12-18-50(19-13-33)38-8-7-34(26-47)40(25-38)43(44,45)46/h3-10,24-25,29-30,33,36H,2,11-23,27-28H2,1H3,(H,48,54,55). The lowest BCUT2D eigenvalue weighted by Gasteiger charge is -2.43. The third-order valence-electron chi connectivity index (χ3n) is 12.4. The van der Waals surface area contributed by atoms with Crippen molar-refractivity contribution in [3.63, 3.8) is 0 Å². The Labute approximate surface area is 326 Å². The molecule has 1 N–H and O–H groups in total. The number of carbonyl (C=O) groups is 3. The number of fused-ring (bicyclic) bond motifs is 1. The van der Waals surface area contributed by atoms with Gasteiger partial charge in [-0.15, -0.1) is 0 Å². The summed E-state index contributed by atoms with van der Waals surface area (Å²) in [6, 6.07) is 21.2. The van der Waals surface area contributed by atoms with E-state index in [1.54, 1.807) is 12.1 Å². The van der Waals surface area contributed by atoms with Crippen molar-refractivity contribution >= 4 is 29.6 Å². The van der Waals surface area contributed by atoms with Crippen molar-refractivity contribution in [2.75, 3.05) is 62.2 Å². The molecule has 4 heterocycles. The van der Waals surface area contributed by atoms with Gasteiger partial charge in [0.15, 0.2) is 0 Å². The molecule has 1 atom stereocenters. The van der Waals surface area contributed by atoms with Crippen LogP contribution >= 0.6 is 0 Å². The van der Waals surface area contributed by atoms with Crippen LogP contribution < -0.4 is 15.1 Å². The predicted octanol–water partition coefficient (Wildman–Crippen LogP) is 6.14. The van der Waals surface area contributed by atoms with Gasteiger partial charge in [0.1, 0.15) is 0 Å². The predicted molar refractivity (Wildman–Crippen MR) is 208 cm³/mol. The van der Waals surface area contributed by atoms with Gasteiger partial charge in [0.25, 0.3) is 5.91 Å². The molecular weight excluding hydrogens is 720 g/mol. The molecule has 3 saturated heterocycles. The first kappa shape index (κ1) is 39.3. The third-order valence-corrected chi connectivity index (χ3v) is 12.4. The molecule has 0 saturated carbocycles. The summed E-state index contributed by atoms with van der Waals surface area (Å²) in [7, 11) is 0. The van der Waals surface area contributed by atoms with Crippen LogP contribution in [-0.2, 0) is 28.9 Å². The van der Waals surface area contributed by atoms with Gasteiger partial charge < -0.3 is 14.7 Å². The van der Waals surface area contributed by atoms with E-state index in [-0.39, 0.29) is 29.8 Å². The molecule has 3 aromatic rings. The van der Waals surface area contributed by atoms with E-state index < -0.39 is 11.7 Å². The van der Waals surface area contributed by atoms with E-state index in [1.165, 1.54) is 17.2 Å². The fraction of sp³-hybridized carbons (Fsp3) is 0.488. The zero-order valence-electron chi connectivity index (χ0n) is 31.9. The van der Waals surface area contributed by atoms with Crippen molar-refractivity contribution in [2.45, 2.75) is 82.7 Å². The fourth-order valence-corrected chi connectivity index (χ4v) is 8.99. The first-order valence-electron chi connectivity index (χ1n) is 19.8. The van der Waals surface area contributed by atoms with Crippen LogP contribution in [0.25, 0.3) is 0 Å². The highest BCUT2D eigenvalue weighted by atomic mass is 19.4. The number of piperidine rings is 2. The number of nitrogens with zero attached hydrogens (tertiary/aromatic N) is 6. The molecule has 296 valence electrons. The smallest absolute Gasteiger partial charge is 0.371 e. The highest BCUT2D eigenvalue weighted by Gasteiger charge is 2.35. The highest BCUT2D eigenvalue weighted by Crippen LogP contribution is 2.37. The molecule has 0 radical (unpaired) electrons. The van der Waals surface area contributed by atoms with E-state index >= 15 is 0 Å². The zero-order chi connectivity index (χ0) is 39.4. The molecule has 0 bridgehead atoms. The summed E-state index contributed by atoms with van der Waals surface area (Å²) in [6.07, 6.45) is 0.543. The van der Waals surface area contributed by atoms with E-state index in [0.29, 0.717) is 50.1 Å². The van der Waals surface area contributed by atoms with Crippen molar-refractivity contribution < 1.29 is 27.6 Å². The second-order valence-corrected chi connectivity index (χ2v) is 15.7. The highest BCUT2D eigenvalue weighted by molar-refractivity contribution is 5.99. The second-order valence-electron chi connectivity index (χ2n) is 15.7. The van der Waals surface area contributed by atoms with Crippen LogP contribution in [0.5, 0.6) is 0 Å². The number of hydrogen-bond donors (Lipinski definition) is 1. The molecule has 1 unspecified atom stereocenters. The van der Waals surface area contributed by atoms with Crippen molar-refractivity contribution in [1.82, 2.24) is 20.0 Å². The number of benzene rings is 3. The molecule has 7 rings (SSSR count). The van der Waals surface area contributed by atoms with Crippen LogP contribution in [0, 0.1) is 11.3 Å². The number of hydrogen-bond acceptors (Lipinski definition) is 8. The van der Waals surface area contributed by atoms with Crippen LogP contribution in [0.1, 0.15) is 89.5 Å². The lowest BCUT2D eigenvalue weighted by atomic mass is 9.88. The van der Waals surface area contributed by atoms with Crippen molar-refractivity contribution in [1.29, 1.82) is 5.26 Å². The van der Waals surface area contributed by atoms with Crippen LogP contribution in [0.2, 0.25) is 0 Å². The average molecular weight is 770 g/mol. The maximum Gasteiger partial charge on any atom is 0.417 e. The summed E-state index contributed by atoms with van der Waals surface area (Å²) in [6.45, 7) is 10.8. The summed E-state index contributed by atoms with van der Waals surface area (Å²) in [5, 5.41) is 11.3. The van der Waals surface area contributed by atoms with E-state index in [9.17, 15) is 27.6 Å². The van der Waals surface area contributed by atoms with E-state index in [2.05, 4.69) is 56.4 Å². The Morgan fingerprint density at radius 3 is 2.21 bits per heavy atom. The number of alkyl halides is 3. The van der Waals surface area contributed by atoms with E-state index in [4.69, 9.17) is 5.26 Å². The first-order chi connectivity index (χ1) is 27.0. The van der Waals surface area contributed by atoms with Gasteiger partial charge in [-0.2, -0.15) is 18.4 Å². The zero-order valence-corrected chi connectivity index (χ0v) is 31.9. The van der Waals surface area contributed by atoms with Gasteiger partial charge in [-0.1, -0.05) is 24.3 Å². The molecule has 10 nitrogen and oxygen atoms in total. The van der Waals surface area contributed by atoms with Crippen LogP contribution in [0.4, 0.5) is 24.5 Å². The number of nitriles is 1. The maximum atomic E-state index is 13.5. The van der Waals surface area contributed by atoms with Crippen molar-refractivity contribution in [3.8, 4) is 6.07 Å². The summed E-state index contributed by atoms with van der Waals surface area (Å²) in [5.41, 5.74) is 4.78. The number of likely N-dealkylation sites (tertiary alicyclic amines) is 1. The maximum absolute atomic E-state index is 13.5. The van der Waals surface area contributed by atoms with E-state index in [0.717, 1.165) is 94.4 Å². The number of carbonyl (C=O) groups excluding carboxylic acids is 3. The van der Waals surface area contributed by atoms with Gasteiger partial charge in [0.2, 0.25) is 12.3 Å². The summed E-state index contributed by atoms with van der Waals surface area (Å²) < 4.78 is 40.5. The Balaban J connectivity index is 0.832. The minimum Gasteiger partial charge on any atom is -0.371 e. The monoisotopic (exact) mass is 769 g/mol. The van der Waals surface area contributed by atoms with E-state index in [1.807, 2.05) is 22.8 Å². The summed E-state index contributed by atoms with van der Waals surface area (Å²) in [5.74, 6) is 0.0284. The van der Waals surface area contributed by atoms with Crippen molar-refractivity contribution in [3.05, 3.63) is 94.0 Å². The third kappa shape index (κ3) is 8.87. The summed E-state index contributed by atoms with van der Waals surface area (Å²) in [4.78, 5) is 46.8. The van der Waals surface area contributed by atoms with Gasteiger partial charge in [-0.3, -0.25) is 29.5 Å². The number of nitrogens with one attached hydrogen (secondary N) is 1. The minimum atomic E-state index is -4.56. The molecule has 4 aliphatic heterocycles. The van der Waals surface area contributed by atoms with Gasteiger partial charge >= 0.3 is 6.18 Å². The number of halogens is 3. The number of amides is 3. The molecule has 56 heavy (non-hydrogen) atoms. The molecule has 0 aliphatic carbocycles. The Hall–Kier alpha value is -4.93. The number of anilines is 2. The largest absolute Gasteiger partial charge is 0.417 e. The molecule has 3 amide bonds. The number of imide groups is 1. The van der Waals surface area contributed by atoms with Crippen LogP contribution in [0.15, 0.2) is 60.7 Å². The normalized spacial score (nSPS) is 19.5. The Morgan fingerprint density at radius 2 is 1.55 bits per heavy atom. The second kappa shape index (κ2) is 17.1. The Kier molecular flexibility index (Phi) is 12.0. The quantitative estimate of drug-likeness (QED) is 0.232. The van der Waals surface area contributed by atoms with Gasteiger partial charge in [0.05, 0.1) is 17.2 Å². The summed E-state index contributed by atoms with van der Waals surface area (Å²) >= 11 is 0. The van der Waals surface area contributed by atoms with Crippen LogP contribution in [-0.4, -0.2) is 97.4 Å². The van der Waals surface area contributed by atoms with Crippen molar-refractivity contribution in [2.24, 2.45) is 0 Å². The molecule has 3 fully saturated rings. The molecule has 13 heteroatoms.